The number of alkyl halides is 3. The molecule has 0 saturated heterocycles. The molecule has 0 saturated carbocycles. The van der Waals surface area contributed by atoms with Crippen molar-refractivity contribution in [3.05, 3.63) is 50.1 Å². The molecule has 0 atom stereocenters. The van der Waals surface area contributed by atoms with E-state index >= 15 is 0 Å². The van der Waals surface area contributed by atoms with Gasteiger partial charge in [0, 0.05) is 4.92 Å². The van der Waals surface area contributed by atoms with Gasteiger partial charge >= 0.3 is 6.18 Å². The molecule has 2 aromatic rings. The van der Waals surface area contributed by atoms with E-state index in [1.807, 2.05) is 0 Å². The van der Waals surface area contributed by atoms with Gasteiger partial charge in [-0.1, -0.05) is 0 Å². The molecule has 19 heavy (non-hydrogen) atoms. The predicted octanol–water partition coefficient (Wildman–Crippen LogP) is 1.72. The van der Waals surface area contributed by atoms with Crippen molar-refractivity contribution in [2.45, 2.75) is 12.7 Å². The summed E-state index contributed by atoms with van der Waals surface area (Å²) < 4.78 is 37.4. The normalized spacial score (nSPS) is 11.7. The van der Waals surface area contributed by atoms with Crippen molar-refractivity contribution in [3.8, 4) is 0 Å². The summed E-state index contributed by atoms with van der Waals surface area (Å²) in [5, 5.41) is 10.0. The lowest BCUT2D eigenvalue weighted by molar-refractivity contribution is -0.498. The molecule has 0 radical (unpaired) electrons. The number of aromatic amines is 1. The van der Waals surface area contributed by atoms with E-state index in [2.05, 4.69) is 9.97 Å². The molecule has 0 aliphatic heterocycles. The first-order valence-corrected chi connectivity index (χ1v) is 4.99. The van der Waals surface area contributed by atoms with Gasteiger partial charge in [-0.2, -0.15) is 13.2 Å². The Kier molecular flexibility index (Phi) is 2.97. The zero-order valence-corrected chi connectivity index (χ0v) is 9.19. The number of H-pyrrole nitrogens is 1. The van der Waals surface area contributed by atoms with Crippen molar-refractivity contribution < 1.29 is 18.1 Å². The fraction of sp³-hybridized carbons (Fsp3) is 0.200. The van der Waals surface area contributed by atoms with Gasteiger partial charge in [0.25, 0.3) is 12.1 Å². The first-order valence-electron chi connectivity index (χ1n) is 4.99. The fourth-order valence-corrected chi connectivity index (χ4v) is 1.56. The van der Waals surface area contributed by atoms with E-state index in [0.717, 1.165) is 12.1 Å². The Labute approximate surface area is 103 Å². The number of rotatable bonds is 2. The molecule has 0 unspecified atom stereocenters. The third-order valence-electron chi connectivity index (χ3n) is 2.36. The molecule has 100 valence electrons. The summed E-state index contributed by atoms with van der Waals surface area (Å²) in [5.74, 6) is -0.206. The van der Waals surface area contributed by atoms with E-state index in [-0.39, 0.29) is 16.7 Å². The molecule has 0 amide bonds. The van der Waals surface area contributed by atoms with Gasteiger partial charge in [-0.3, -0.25) is 14.9 Å². The number of nitrogens with zero attached hydrogens (tertiary/aromatic N) is 2. The fourth-order valence-electron chi connectivity index (χ4n) is 1.56. The predicted molar refractivity (Wildman–Crippen MR) is 58.1 cm³/mol. The first kappa shape index (κ1) is 13.0. The van der Waals surface area contributed by atoms with Crippen LogP contribution in [-0.4, -0.2) is 14.9 Å². The summed E-state index contributed by atoms with van der Waals surface area (Å²) in [6, 6.07) is 2.44. The molecule has 1 N–H and O–H groups in total. The van der Waals surface area contributed by atoms with Crippen LogP contribution in [0.2, 0.25) is 0 Å². The average molecular weight is 273 g/mol. The molecule has 1 aromatic carbocycles. The van der Waals surface area contributed by atoms with Crippen molar-refractivity contribution in [3.63, 3.8) is 0 Å². The third kappa shape index (κ3) is 2.69. The summed E-state index contributed by atoms with van der Waals surface area (Å²) in [6.07, 6.45) is -4.57. The molecular formula is C10H6F3N3O3. The molecule has 0 aliphatic rings. The highest BCUT2D eigenvalue weighted by Gasteiger charge is 2.30. The van der Waals surface area contributed by atoms with Gasteiger partial charge in [-0.25, -0.2) is 4.98 Å². The molecule has 1 heterocycles. The van der Waals surface area contributed by atoms with Crippen LogP contribution in [0.3, 0.4) is 0 Å². The van der Waals surface area contributed by atoms with Gasteiger partial charge < -0.3 is 4.98 Å². The maximum Gasteiger partial charge on any atom is 0.416 e. The van der Waals surface area contributed by atoms with Gasteiger partial charge in [-0.15, -0.1) is 0 Å². The maximum absolute atomic E-state index is 12.5. The van der Waals surface area contributed by atoms with Gasteiger partial charge in [0.15, 0.2) is 5.82 Å². The molecule has 9 heteroatoms. The van der Waals surface area contributed by atoms with E-state index in [0.29, 0.717) is 6.07 Å². The van der Waals surface area contributed by atoms with Crippen LogP contribution in [0.5, 0.6) is 0 Å². The van der Waals surface area contributed by atoms with Crippen molar-refractivity contribution in [2.75, 3.05) is 0 Å². The number of benzene rings is 1. The number of hydrogen-bond acceptors (Lipinski definition) is 4. The standard InChI is InChI=1S/C10H6F3N3O3/c11-10(12,13)5-1-2-7-6(3-5)9(17)15-8(14-7)4-16(18)19/h1-3H,4H2,(H,14,15,17). The quantitative estimate of drug-likeness (QED) is 0.666. The largest absolute Gasteiger partial charge is 0.416 e. The summed E-state index contributed by atoms with van der Waals surface area (Å²) in [7, 11) is 0. The smallest absolute Gasteiger partial charge is 0.304 e. The van der Waals surface area contributed by atoms with Crippen LogP contribution in [0.1, 0.15) is 11.4 Å². The topological polar surface area (TPSA) is 88.9 Å². The Balaban J connectivity index is 2.60. The lowest BCUT2D eigenvalue weighted by atomic mass is 10.1. The van der Waals surface area contributed by atoms with E-state index < -0.39 is 28.8 Å². The highest BCUT2D eigenvalue weighted by Crippen LogP contribution is 2.30. The zero-order chi connectivity index (χ0) is 14.2. The van der Waals surface area contributed by atoms with Crippen molar-refractivity contribution in [1.82, 2.24) is 9.97 Å². The first-order chi connectivity index (χ1) is 8.77. The molecular weight excluding hydrogens is 267 g/mol. The number of halogens is 3. The zero-order valence-electron chi connectivity index (χ0n) is 9.19. The van der Waals surface area contributed by atoms with E-state index in [4.69, 9.17) is 0 Å². The van der Waals surface area contributed by atoms with Gasteiger partial charge in [-0.05, 0) is 18.2 Å². The van der Waals surface area contributed by atoms with Gasteiger partial charge in [0.2, 0.25) is 0 Å². The SMILES string of the molecule is O=c1[nH]c(C[N+](=O)[O-])nc2ccc(C(F)(F)F)cc12. The number of aromatic nitrogens is 2. The Hall–Kier alpha value is -2.45. The molecule has 1 aromatic heterocycles. The van der Waals surface area contributed by atoms with E-state index in [1.165, 1.54) is 0 Å². The second-order valence-corrected chi connectivity index (χ2v) is 3.73. The second-order valence-electron chi connectivity index (χ2n) is 3.73. The molecule has 2 rings (SSSR count). The van der Waals surface area contributed by atoms with Gasteiger partial charge in [0.05, 0.1) is 16.5 Å². The Morgan fingerprint density at radius 2 is 2.05 bits per heavy atom. The van der Waals surface area contributed by atoms with E-state index in [9.17, 15) is 28.1 Å². The highest BCUT2D eigenvalue weighted by atomic mass is 19.4. The van der Waals surface area contributed by atoms with Crippen LogP contribution < -0.4 is 5.56 Å². The Bertz CT molecular complexity index is 708. The number of fused-ring (bicyclic) bond motifs is 1. The Morgan fingerprint density at radius 1 is 1.37 bits per heavy atom. The molecule has 0 fully saturated rings. The number of nitro groups is 1. The summed E-state index contributed by atoms with van der Waals surface area (Å²) in [5.41, 5.74) is -1.84. The monoisotopic (exact) mass is 273 g/mol. The van der Waals surface area contributed by atoms with Crippen molar-refractivity contribution >= 4 is 10.9 Å². The second kappa shape index (κ2) is 4.34. The molecule has 0 aliphatic carbocycles. The molecule has 0 spiro atoms. The highest BCUT2D eigenvalue weighted by molar-refractivity contribution is 5.78. The van der Waals surface area contributed by atoms with Crippen molar-refractivity contribution in [2.24, 2.45) is 0 Å². The number of nitrogens with one attached hydrogen (secondary N) is 1. The minimum atomic E-state index is -4.57. The third-order valence-corrected chi connectivity index (χ3v) is 2.36. The lowest BCUT2D eigenvalue weighted by Gasteiger charge is -2.07. The average Bonchev–Trinajstić information content (AvgIpc) is 2.26. The Morgan fingerprint density at radius 3 is 2.63 bits per heavy atom. The van der Waals surface area contributed by atoms with Crippen LogP contribution in [-0.2, 0) is 12.7 Å². The molecule has 6 nitrogen and oxygen atoms in total. The summed E-state index contributed by atoms with van der Waals surface area (Å²) in [6.45, 7) is -0.702. The van der Waals surface area contributed by atoms with Crippen LogP contribution in [0.4, 0.5) is 13.2 Å². The minimum Gasteiger partial charge on any atom is -0.304 e. The minimum absolute atomic E-state index is 0.0198. The van der Waals surface area contributed by atoms with Crippen molar-refractivity contribution in [1.29, 1.82) is 0 Å². The van der Waals surface area contributed by atoms with Crippen LogP contribution in [0.25, 0.3) is 10.9 Å². The maximum atomic E-state index is 12.5. The van der Waals surface area contributed by atoms with Crippen LogP contribution in [0.15, 0.2) is 23.0 Å². The summed E-state index contributed by atoms with van der Waals surface area (Å²) in [4.78, 5) is 27.0. The van der Waals surface area contributed by atoms with Crippen LogP contribution in [0, 0.1) is 10.1 Å². The van der Waals surface area contributed by atoms with E-state index in [1.54, 1.807) is 0 Å². The van der Waals surface area contributed by atoms with Crippen LogP contribution >= 0.6 is 0 Å². The lowest BCUT2D eigenvalue weighted by Crippen LogP contribution is -2.15. The molecule has 0 bridgehead atoms. The number of hydrogen-bond donors (Lipinski definition) is 1. The summed E-state index contributed by atoms with van der Waals surface area (Å²) >= 11 is 0. The van der Waals surface area contributed by atoms with Gasteiger partial charge in [0.1, 0.15) is 0 Å².